The van der Waals surface area contributed by atoms with Gasteiger partial charge < -0.3 is 24.3 Å². The lowest BCUT2D eigenvalue weighted by molar-refractivity contribution is -0.119. The number of fused-ring (bicyclic) bond motifs is 2. The van der Waals surface area contributed by atoms with Crippen molar-refractivity contribution in [2.45, 2.75) is 33.1 Å². The summed E-state index contributed by atoms with van der Waals surface area (Å²) >= 11 is 1.39. The fourth-order valence-electron chi connectivity index (χ4n) is 3.81. The molecule has 2 aliphatic rings. The third-order valence-corrected chi connectivity index (χ3v) is 6.53. The van der Waals surface area contributed by atoms with E-state index in [2.05, 4.69) is 12.2 Å². The molecule has 1 N–H and O–H groups in total. The Bertz CT molecular complexity index is 1050. The van der Waals surface area contributed by atoms with E-state index in [0.29, 0.717) is 41.2 Å². The first kappa shape index (κ1) is 22.1. The van der Waals surface area contributed by atoms with E-state index in [4.69, 9.17) is 18.9 Å². The van der Waals surface area contributed by atoms with E-state index >= 15 is 0 Å². The highest BCUT2D eigenvalue weighted by atomic mass is 32.1. The number of nitrogens with one attached hydrogen (secondary N) is 1. The first-order chi connectivity index (χ1) is 15.5. The van der Waals surface area contributed by atoms with Crippen LogP contribution in [0.2, 0.25) is 0 Å². The highest BCUT2D eigenvalue weighted by molar-refractivity contribution is 7.17. The van der Waals surface area contributed by atoms with Crippen molar-refractivity contribution >= 4 is 34.2 Å². The normalized spacial score (nSPS) is 16.6. The Morgan fingerprint density at radius 3 is 2.69 bits per heavy atom. The van der Waals surface area contributed by atoms with Crippen molar-refractivity contribution < 1.29 is 33.3 Å². The van der Waals surface area contributed by atoms with E-state index < -0.39 is 24.5 Å². The van der Waals surface area contributed by atoms with Crippen LogP contribution in [-0.2, 0) is 27.1 Å². The maximum atomic E-state index is 12.6. The Kier molecular flexibility index (Phi) is 6.64. The summed E-state index contributed by atoms with van der Waals surface area (Å²) in [6.07, 6.45) is 2.62. The van der Waals surface area contributed by atoms with Gasteiger partial charge in [-0.1, -0.05) is 6.92 Å². The van der Waals surface area contributed by atoms with Gasteiger partial charge in [0.15, 0.2) is 18.1 Å². The number of rotatable bonds is 6. The van der Waals surface area contributed by atoms with Gasteiger partial charge in [0.05, 0.1) is 17.7 Å². The van der Waals surface area contributed by atoms with Crippen LogP contribution in [0.1, 0.15) is 51.4 Å². The van der Waals surface area contributed by atoms with Crippen molar-refractivity contribution in [1.82, 2.24) is 0 Å². The molecule has 0 saturated carbocycles. The highest BCUT2D eigenvalue weighted by Crippen LogP contribution is 2.40. The van der Waals surface area contributed by atoms with E-state index in [9.17, 15) is 14.4 Å². The van der Waals surface area contributed by atoms with Gasteiger partial charge in [0.1, 0.15) is 18.2 Å². The zero-order valence-corrected chi connectivity index (χ0v) is 18.8. The topological polar surface area (TPSA) is 100 Å². The summed E-state index contributed by atoms with van der Waals surface area (Å²) in [6, 6.07) is 4.72. The molecule has 4 rings (SSSR count). The molecule has 1 aliphatic carbocycles. The van der Waals surface area contributed by atoms with Gasteiger partial charge in [0.25, 0.3) is 5.91 Å². The molecular formula is C23H25NO7S. The molecule has 1 atom stereocenters. The van der Waals surface area contributed by atoms with Crippen LogP contribution in [0.5, 0.6) is 11.5 Å². The summed E-state index contributed by atoms with van der Waals surface area (Å²) < 4.78 is 21.3. The Hall–Kier alpha value is -3.07. The number of thiophene rings is 1. The van der Waals surface area contributed by atoms with E-state index in [1.165, 1.54) is 17.4 Å². The summed E-state index contributed by atoms with van der Waals surface area (Å²) in [5.41, 5.74) is 1.63. The minimum atomic E-state index is -0.651. The Morgan fingerprint density at radius 1 is 1.12 bits per heavy atom. The average molecular weight is 460 g/mol. The van der Waals surface area contributed by atoms with E-state index in [-0.39, 0.29) is 12.2 Å². The number of hydrogen-bond donors (Lipinski definition) is 1. The van der Waals surface area contributed by atoms with Crippen molar-refractivity contribution in [2.75, 3.05) is 31.7 Å². The molecule has 0 bridgehead atoms. The first-order valence-electron chi connectivity index (χ1n) is 10.6. The predicted octanol–water partition coefficient (Wildman–Crippen LogP) is 3.62. The molecule has 1 aromatic carbocycles. The summed E-state index contributed by atoms with van der Waals surface area (Å²) in [6.45, 7) is 4.54. The zero-order valence-electron chi connectivity index (χ0n) is 18.0. The fraction of sp³-hybridized carbons (Fsp3) is 0.435. The van der Waals surface area contributed by atoms with Gasteiger partial charge in [-0.15, -0.1) is 11.3 Å². The van der Waals surface area contributed by atoms with Crippen molar-refractivity contribution in [3.05, 3.63) is 39.8 Å². The highest BCUT2D eigenvalue weighted by Gasteiger charge is 2.29. The average Bonchev–Trinajstić information content (AvgIpc) is 3.14. The number of amides is 1. The lowest BCUT2D eigenvalue weighted by Crippen LogP contribution is -2.22. The Labute approximate surface area is 189 Å². The van der Waals surface area contributed by atoms with Gasteiger partial charge in [-0.3, -0.25) is 4.79 Å². The van der Waals surface area contributed by atoms with Gasteiger partial charge in [-0.2, -0.15) is 0 Å². The molecule has 2 aromatic rings. The standard InChI is InChI=1S/C23H25NO7S/c1-3-28-23(27)20-15-6-4-13(2)10-18(15)32-21(20)24-19(25)12-31-22(26)14-5-7-16-17(11-14)30-9-8-29-16/h5,7,11,13H,3-4,6,8-10,12H2,1-2H3,(H,24,25). The van der Waals surface area contributed by atoms with Crippen LogP contribution in [0.4, 0.5) is 5.00 Å². The molecule has 1 amide bonds. The maximum Gasteiger partial charge on any atom is 0.341 e. The number of carbonyl (C=O) groups excluding carboxylic acids is 3. The van der Waals surface area contributed by atoms with Crippen molar-refractivity contribution in [3.8, 4) is 11.5 Å². The lowest BCUT2D eigenvalue weighted by Gasteiger charge is -2.18. The number of hydrogen-bond acceptors (Lipinski definition) is 8. The van der Waals surface area contributed by atoms with E-state index in [1.54, 1.807) is 19.1 Å². The fourth-order valence-corrected chi connectivity index (χ4v) is 5.22. The van der Waals surface area contributed by atoms with Crippen LogP contribution < -0.4 is 14.8 Å². The number of carbonyl (C=O) groups is 3. The van der Waals surface area contributed by atoms with Crippen LogP contribution in [0.15, 0.2) is 18.2 Å². The molecule has 8 nitrogen and oxygen atoms in total. The molecule has 0 fully saturated rings. The van der Waals surface area contributed by atoms with E-state index in [0.717, 1.165) is 29.7 Å². The molecular weight excluding hydrogens is 434 g/mol. The molecule has 0 saturated heterocycles. The third-order valence-electron chi connectivity index (χ3n) is 5.36. The summed E-state index contributed by atoms with van der Waals surface area (Å²) in [4.78, 5) is 38.5. The largest absolute Gasteiger partial charge is 0.486 e. The minimum Gasteiger partial charge on any atom is -0.486 e. The van der Waals surface area contributed by atoms with Crippen LogP contribution >= 0.6 is 11.3 Å². The summed E-state index contributed by atoms with van der Waals surface area (Å²) in [5.74, 6) is -0.0643. The molecule has 0 spiro atoms. The second kappa shape index (κ2) is 9.60. The van der Waals surface area contributed by atoms with Gasteiger partial charge >= 0.3 is 11.9 Å². The monoisotopic (exact) mass is 459 g/mol. The molecule has 1 aromatic heterocycles. The van der Waals surface area contributed by atoms with Crippen LogP contribution in [0, 0.1) is 5.92 Å². The van der Waals surface area contributed by atoms with Gasteiger partial charge in [0, 0.05) is 4.88 Å². The minimum absolute atomic E-state index is 0.250. The SMILES string of the molecule is CCOC(=O)c1c(NC(=O)COC(=O)c2ccc3c(c2)OCCO3)sc2c1CCC(C)C2. The number of anilines is 1. The van der Waals surface area contributed by atoms with Gasteiger partial charge in [-0.05, 0) is 55.9 Å². The zero-order chi connectivity index (χ0) is 22.7. The van der Waals surface area contributed by atoms with Crippen molar-refractivity contribution in [1.29, 1.82) is 0 Å². The van der Waals surface area contributed by atoms with Gasteiger partial charge in [0.2, 0.25) is 0 Å². The van der Waals surface area contributed by atoms with Gasteiger partial charge in [-0.25, -0.2) is 9.59 Å². The summed E-state index contributed by atoms with van der Waals surface area (Å²) in [5, 5.41) is 3.18. The summed E-state index contributed by atoms with van der Waals surface area (Å²) in [7, 11) is 0. The molecule has 0 radical (unpaired) electrons. The van der Waals surface area contributed by atoms with Crippen LogP contribution in [0.3, 0.4) is 0 Å². The number of benzene rings is 1. The Morgan fingerprint density at radius 2 is 1.91 bits per heavy atom. The molecule has 170 valence electrons. The van der Waals surface area contributed by atoms with Crippen molar-refractivity contribution in [2.24, 2.45) is 5.92 Å². The smallest absolute Gasteiger partial charge is 0.341 e. The number of esters is 2. The van der Waals surface area contributed by atoms with E-state index in [1.807, 2.05) is 0 Å². The second-order valence-corrected chi connectivity index (χ2v) is 8.86. The lowest BCUT2D eigenvalue weighted by atomic mass is 9.88. The van der Waals surface area contributed by atoms with Crippen LogP contribution in [-0.4, -0.2) is 44.3 Å². The third kappa shape index (κ3) is 4.72. The van der Waals surface area contributed by atoms with Crippen molar-refractivity contribution in [3.63, 3.8) is 0 Å². The maximum absolute atomic E-state index is 12.6. The quantitative estimate of drug-likeness (QED) is 0.659. The molecule has 1 unspecified atom stereocenters. The molecule has 2 heterocycles. The number of ether oxygens (including phenoxy) is 4. The molecule has 1 aliphatic heterocycles. The first-order valence-corrected chi connectivity index (χ1v) is 11.5. The second-order valence-electron chi connectivity index (χ2n) is 7.76. The predicted molar refractivity (Wildman–Crippen MR) is 118 cm³/mol. The molecule has 32 heavy (non-hydrogen) atoms. The van der Waals surface area contributed by atoms with Crippen LogP contribution in [0.25, 0.3) is 0 Å². The Balaban J connectivity index is 1.43. The molecule has 9 heteroatoms.